The van der Waals surface area contributed by atoms with E-state index in [1.807, 2.05) is 0 Å². The number of methoxy groups -OCH3 is 1. The number of benzene rings is 1. The number of alkyl halides is 3. The molecule has 1 aromatic rings. The van der Waals surface area contributed by atoms with Crippen molar-refractivity contribution in [2.75, 3.05) is 13.7 Å². The van der Waals surface area contributed by atoms with Crippen molar-refractivity contribution in [1.29, 1.82) is 0 Å². The Labute approximate surface area is 118 Å². The van der Waals surface area contributed by atoms with Crippen molar-refractivity contribution in [3.63, 3.8) is 0 Å². The fourth-order valence-corrected chi connectivity index (χ4v) is 2.94. The summed E-state index contributed by atoms with van der Waals surface area (Å²) in [6.45, 7) is 0.964. The number of hydrogen-bond donors (Lipinski definition) is 1. The summed E-state index contributed by atoms with van der Waals surface area (Å²) in [7, 11) is 1.40. The molecule has 1 aromatic carbocycles. The molecule has 0 aliphatic carbocycles. The fraction of sp³-hybridized carbons (Fsp3) is 0.538. The third-order valence-electron chi connectivity index (χ3n) is 3.31. The summed E-state index contributed by atoms with van der Waals surface area (Å²) in [5.74, 6) is 0.287. The van der Waals surface area contributed by atoms with Crippen LogP contribution in [-0.2, 0) is 12.6 Å². The minimum Gasteiger partial charge on any atom is -0.496 e. The highest BCUT2D eigenvalue weighted by molar-refractivity contribution is 9.10. The van der Waals surface area contributed by atoms with Crippen molar-refractivity contribution in [2.45, 2.75) is 31.5 Å². The third-order valence-corrected chi connectivity index (χ3v) is 4.02. The lowest BCUT2D eigenvalue weighted by Crippen LogP contribution is -2.24. The summed E-state index contributed by atoms with van der Waals surface area (Å²) in [5.41, 5.74) is 0.0919. The molecule has 0 spiro atoms. The van der Waals surface area contributed by atoms with Crippen LogP contribution in [0.3, 0.4) is 0 Å². The Bertz CT molecular complexity index is 456. The van der Waals surface area contributed by atoms with Crippen molar-refractivity contribution in [2.24, 2.45) is 0 Å². The van der Waals surface area contributed by atoms with E-state index in [2.05, 4.69) is 21.2 Å². The van der Waals surface area contributed by atoms with Crippen LogP contribution < -0.4 is 10.1 Å². The molecule has 0 radical (unpaired) electrons. The Morgan fingerprint density at radius 2 is 2.16 bits per heavy atom. The molecular weight excluding hydrogens is 323 g/mol. The standard InChI is InChI=1S/C13H15BrF3NO/c1-19-12-6-8(13(15,16)17)5-11(14)10(12)7-9-3-2-4-18-9/h5-6,9,18H,2-4,7H2,1H3. The van der Waals surface area contributed by atoms with Gasteiger partial charge >= 0.3 is 6.18 Å². The molecule has 1 aliphatic heterocycles. The van der Waals surface area contributed by atoms with Crippen LogP contribution in [0.25, 0.3) is 0 Å². The molecule has 0 aromatic heterocycles. The lowest BCUT2D eigenvalue weighted by atomic mass is 10.0. The van der Waals surface area contributed by atoms with E-state index in [0.29, 0.717) is 16.9 Å². The highest BCUT2D eigenvalue weighted by Gasteiger charge is 2.32. The number of nitrogens with one attached hydrogen (secondary N) is 1. The quantitative estimate of drug-likeness (QED) is 0.906. The maximum atomic E-state index is 12.7. The van der Waals surface area contributed by atoms with E-state index < -0.39 is 11.7 Å². The molecule has 2 nitrogen and oxygen atoms in total. The molecule has 1 unspecified atom stereocenters. The second-order valence-electron chi connectivity index (χ2n) is 4.63. The predicted octanol–water partition coefficient (Wildman–Crippen LogP) is 3.77. The molecule has 19 heavy (non-hydrogen) atoms. The molecule has 1 N–H and O–H groups in total. The van der Waals surface area contributed by atoms with E-state index in [9.17, 15) is 13.2 Å². The van der Waals surface area contributed by atoms with Gasteiger partial charge in [0.2, 0.25) is 0 Å². The SMILES string of the molecule is COc1cc(C(F)(F)F)cc(Br)c1CC1CCCN1. The summed E-state index contributed by atoms with van der Waals surface area (Å²) in [4.78, 5) is 0. The summed E-state index contributed by atoms with van der Waals surface area (Å²) >= 11 is 3.23. The highest BCUT2D eigenvalue weighted by atomic mass is 79.9. The first-order valence-electron chi connectivity index (χ1n) is 6.09. The second kappa shape index (κ2) is 5.71. The van der Waals surface area contributed by atoms with Gasteiger partial charge in [-0.05, 0) is 37.9 Å². The molecule has 1 aliphatic rings. The Kier molecular flexibility index (Phi) is 4.40. The minimum absolute atomic E-state index is 0.287. The third kappa shape index (κ3) is 3.42. The first-order valence-corrected chi connectivity index (χ1v) is 6.88. The van der Waals surface area contributed by atoms with Crippen LogP contribution >= 0.6 is 15.9 Å². The van der Waals surface area contributed by atoms with Gasteiger partial charge in [-0.1, -0.05) is 15.9 Å². The van der Waals surface area contributed by atoms with Crippen molar-refractivity contribution in [3.8, 4) is 5.75 Å². The van der Waals surface area contributed by atoms with Crippen LogP contribution in [0.1, 0.15) is 24.0 Å². The van der Waals surface area contributed by atoms with Crippen LogP contribution in [0.2, 0.25) is 0 Å². The summed E-state index contributed by atoms with van der Waals surface area (Å²) in [5, 5.41) is 3.33. The minimum atomic E-state index is -4.36. The van der Waals surface area contributed by atoms with Crippen molar-refractivity contribution in [1.82, 2.24) is 5.32 Å². The predicted molar refractivity (Wildman–Crippen MR) is 70.4 cm³/mol. The first-order chi connectivity index (χ1) is 8.91. The van der Waals surface area contributed by atoms with E-state index in [0.717, 1.165) is 37.1 Å². The zero-order chi connectivity index (χ0) is 14.0. The molecule has 2 rings (SSSR count). The largest absolute Gasteiger partial charge is 0.496 e. The van der Waals surface area contributed by atoms with Crippen molar-refractivity contribution >= 4 is 15.9 Å². The number of ether oxygens (including phenoxy) is 1. The molecule has 1 saturated heterocycles. The van der Waals surface area contributed by atoms with Crippen LogP contribution in [0.5, 0.6) is 5.75 Å². The molecule has 0 bridgehead atoms. The second-order valence-corrected chi connectivity index (χ2v) is 5.49. The maximum Gasteiger partial charge on any atom is 0.416 e. The average Bonchev–Trinajstić information content (AvgIpc) is 2.83. The molecule has 0 amide bonds. The zero-order valence-corrected chi connectivity index (χ0v) is 12.1. The monoisotopic (exact) mass is 337 g/mol. The van der Waals surface area contributed by atoms with Gasteiger partial charge in [0.15, 0.2) is 0 Å². The summed E-state index contributed by atoms with van der Waals surface area (Å²) in [6, 6.07) is 2.49. The molecule has 1 atom stereocenters. The van der Waals surface area contributed by atoms with Crippen LogP contribution in [0.15, 0.2) is 16.6 Å². The van der Waals surface area contributed by atoms with Gasteiger partial charge < -0.3 is 10.1 Å². The fourth-order valence-electron chi connectivity index (χ4n) is 2.33. The number of hydrogen-bond acceptors (Lipinski definition) is 2. The van der Waals surface area contributed by atoms with Crippen molar-refractivity contribution in [3.05, 3.63) is 27.7 Å². The van der Waals surface area contributed by atoms with Gasteiger partial charge in [0.1, 0.15) is 5.75 Å². The zero-order valence-electron chi connectivity index (χ0n) is 10.5. The topological polar surface area (TPSA) is 21.3 Å². The van der Waals surface area contributed by atoms with Gasteiger partial charge in [-0.15, -0.1) is 0 Å². The van der Waals surface area contributed by atoms with Gasteiger partial charge in [0.25, 0.3) is 0 Å². The average molecular weight is 338 g/mol. The Hall–Kier alpha value is -0.750. The van der Waals surface area contributed by atoms with Gasteiger partial charge in [0, 0.05) is 16.1 Å². The lowest BCUT2D eigenvalue weighted by Gasteiger charge is -2.17. The Balaban J connectivity index is 2.32. The smallest absolute Gasteiger partial charge is 0.416 e. The molecule has 0 saturated carbocycles. The van der Waals surface area contributed by atoms with E-state index in [4.69, 9.17) is 4.74 Å². The molecule has 1 heterocycles. The number of halogens is 4. The Morgan fingerprint density at radius 1 is 1.42 bits per heavy atom. The van der Waals surface area contributed by atoms with Gasteiger partial charge in [-0.3, -0.25) is 0 Å². The van der Waals surface area contributed by atoms with E-state index in [1.54, 1.807) is 0 Å². The molecule has 106 valence electrons. The van der Waals surface area contributed by atoms with E-state index in [-0.39, 0.29) is 5.75 Å². The summed E-state index contributed by atoms with van der Waals surface area (Å²) < 4.78 is 43.8. The van der Waals surface area contributed by atoms with E-state index in [1.165, 1.54) is 7.11 Å². The lowest BCUT2D eigenvalue weighted by molar-refractivity contribution is -0.137. The van der Waals surface area contributed by atoms with Crippen LogP contribution in [0.4, 0.5) is 13.2 Å². The summed E-state index contributed by atoms with van der Waals surface area (Å²) in [6.07, 6.45) is -1.55. The Morgan fingerprint density at radius 3 is 2.68 bits per heavy atom. The molecule has 1 fully saturated rings. The van der Waals surface area contributed by atoms with E-state index >= 15 is 0 Å². The first kappa shape index (κ1) is 14.7. The van der Waals surface area contributed by atoms with Gasteiger partial charge in [-0.25, -0.2) is 0 Å². The van der Waals surface area contributed by atoms with Gasteiger partial charge in [-0.2, -0.15) is 13.2 Å². The van der Waals surface area contributed by atoms with Gasteiger partial charge in [0.05, 0.1) is 12.7 Å². The normalized spacial score (nSPS) is 19.7. The van der Waals surface area contributed by atoms with Crippen LogP contribution in [0, 0.1) is 0 Å². The molecule has 6 heteroatoms. The van der Waals surface area contributed by atoms with Crippen molar-refractivity contribution < 1.29 is 17.9 Å². The molecular formula is C13H15BrF3NO. The maximum absolute atomic E-state index is 12.7. The number of rotatable bonds is 3. The highest BCUT2D eigenvalue weighted by Crippen LogP contribution is 2.38. The van der Waals surface area contributed by atoms with Crippen LogP contribution in [-0.4, -0.2) is 19.7 Å².